The summed E-state index contributed by atoms with van der Waals surface area (Å²) in [5.41, 5.74) is 0.922. The molecule has 1 spiro atoms. The molecular formula is C30H39F3N4O3. The lowest BCUT2D eigenvalue weighted by Gasteiger charge is -2.44. The number of hydrogen-bond acceptors (Lipinski definition) is 4. The summed E-state index contributed by atoms with van der Waals surface area (Å²) < 4.78 is 48.7. The molecular weight excluding hydrogens is 521 g/mol. The summed E-state index contributed by atoms with van der Waals surface area (Å²) in [6.07, 6.45) is 3.19. The molecule has 1 aromatic heterocycles. The van der Waals surface area contributed by atoms with Gasteiger partial charge in [-0.1, -0.05) is 24.6 Å². The molecule has 0 bridgehead atoms. The molecule has 3 aliphatic rings. The number of hydrogen-bond donors (Lipinski definition) is 0. The van der Waals surface area contributed by atoms with Crippen LogP contribution in [0.3, 0.4) is 0 Å². The first kappa shape index (κ1) is 28.5. The number of amides is 2. The summed E-state index contributed by atoms with van der Waals surface area (Å²) in [6, 6.07) is 7.96. The van der Waals surface area contributed by atoms with Gasteiger partial charge in [-0.3, -0.25) is 14.3 Å². The topological polar surface area (TPSA) is 67.7 Å². The van der Waals surface area contributed by atoms with Gasteiger partial charge >= 0.3 is 6.18 Å². The van der Waals surface area contributed by atoms with Gasteiger partial charge < -0.3 is 14.5 Å². The fourth-order valence-electron chi connectivity index (χ4n) is 6.67. The lowest BCUT2D eigenvalue weighted by Crippen LogP contribution is -2.50. The van der Waals surface area contributed by atoms with Crippen molar-refractivity contribution in [1.82, 2.24) is 19.6 Å². The van der Waals surface area contributed by atoms with E-state index in [2.05, 4.69) is 11.2 Å². The summed E-state index contributed by atoms with van der Waals surface area (Å²) in [5, 5.41) is 3.93. The zero-order valence-electron chi connectivity index (χ0n) is 23.3. The molecule has 0 radical (unpaired) electrons. The molecule has 0 saturated carbocycles. The molecule has 2 amide bonds. The molecule has 0 N–H and O–H groups in total. The van der Waals surface area contributed by atoms with E-state index in [-0.39, 0.29) is 29.3 Å². The van der Waals surface area contributed by atoms with E-state index in [1.165, 1.54) is 4.68 Å². The van der Waals surface area contributed by atoms with Crippen LogP contribution in [0.5, 0.6) is 5.75 Å². The molecule has 1 saturated heterocycles. The van der Waals surface area contributed by atoms with Crippen LogP contribution in [0.1, 0.15) is 74.4 Å². The van der Waals surface area contributed by atoms with Gasteiger partial charge in [-0.15, -0.1) is 0 Å². The minimum Gasteiger partial charge on any atom is -0.491 e. The van der Waals surface area contributed by atoms with Crippen molar-refractivity contribution in [3.8, 4) is 5.75 Å². The largest absolute Gasteiger partial charge is 0.491 e. The first-order chi connectivity index (χ1) is 19.2. The van der Waals surface area contributed by atoms with Crippen LogP contribution in [0, 0.1) is 5.41 Å². The molecule has 2 aliphatic heterocycles. The molecule has 1 aromatic carbocycles. The van der Waals surface area contributed by atoms with Gasteiger partial charge in [0.05, 0.1) is 6.54 Å². The van der Waals surface area contributed by atoms with Gasteiger partial charge in [-0.2, -0.15) is 18.3 Å². The Bertz CT molecular complexity index is 1220. The molecule has 2 aromatic rings. The number of rotatable bonds is 2. The summed E-state index contributed by atoms with van der Waals surface area (Å²) >= 11 is 0. The van der Waals surface area contributed by atoms with E-state index in [9.17, 15) is 22.8 Å². The van der Waals surface area contributed by atoms with Crippen LogP contribution < -0.4 is 4.74 Å². The van der Waals surface area contributed by atoms with Gasteiger partial charge in [-0.05, 0) is 74.8 Å². The minimum absolute atomic E-state index is 0.0601. The summed E-state index contributed by atoms with van der Waals surface area (Å²) in [6.45, 7) is 3.80. The Kier molecular flexibility index (Phi) is 8.42. The number of ether oxygens (including phenoxy) is 1. The Labute approximate surface area is 233 Å². The zero-order valence-corrected chi connectivity index (χ0v) is 23.3. The average molecular weight is 561 g/mol. The molecule has 0 atom stereocenters. The Morgan fingerprint density at radius 3 is 2.42 bits per heavy atom. The van der Waals surface area contributed by atoms with Crippen molar-refractivity contribution in [3.63, 3.8) is 0 Å². The Morgan fingerprint density at radius 2 is 1.68 bits per heavy atom. The fraction of sp³-hybridized carbons (Fsp3) is 0.633. The number of likely N-dealkylation sites (tertiary alicyclic amines) is 1. The maximum Gasteiger partial charge on any atom is 0.435 e. The first-order valence-electron chi connectivity index (χ1n) is 14.5. The number of benzene rings is 1. The molecule has 1 aliphatic carbocycles. The highest BCUT2D eigenvalue weighted by Gasteiger charge is 2.41. The van der Waals surface area contributed by atoms with Crippen molar-refractivity contribution in [2.24, 2.45) is 5.41 Å². The molecule has 10 heteroatoms. The lowest BCUT2D eigenvalue weighted by molar-refractivity contribution is -0.143. The standard InChI is InChI=1S/C30H39F3N4O3/c1-22(38)35-16-14-29(15-17-35)13-7-6-9-23-8-2-5-12-26(23)40-19-18-36(21-29)27(39)20-37-25-11-4-3-10-24(25)28(34-37)30(31,32)33/h2,5,8,12H,3-4,6-7,9-11,13-21H2,1H3. The minimum atomic E-state index is -4.54. The van der Waals surface area contributed by atoms with Crippen LogP contribution in [0.25, 0.3) is 0 Å². The van der Waals surface area contributed by atoms with Crippen molar-refractivity contribution in [2.75, 3.05) is 32.8 Å². The third-order valence-corrected chi connectivity index (χ3v) is 8.95. The van der Waals surface area contributed by atoms with Gasteiger partial charge in [0.25, 0.3) is 0 Å². The second-order valence-electron chi connectivity index (χ2n) is 11.6. The van der Waals surface area contributed by atoms with Crippen LogP contribution >= 0.6 is 0 Å². The average Bonchev–Trinajstić information content (AvgIpc) is 3.30. The Morgan fingerprint density at radius 1 is 0.950 bits per heavy atom. The van der Waals surface area contributed by atoms with E-state index < -0.39 is 11.9 Å². The highest BCUT2D eigenvalue weighted by atomic mass is 19.4. The zero-order chi connectivity index (χ0) is 28.3. The van der Waals surface area contributed by atoms with Gasteiger partial charge in [0.2, 0.25) is 11.8 Å². The van der Waals surface area contributed by atoms with E-state index in [0.717, 1.165) is 56.3 Å². The van der Waals surface area contributed by atoms with Crippen molar-refractivity contribution in [2.45, 2.75) is 83.9 Å². The van der Waals surface area contributed by atoms with E-state index in [1.54, 1.807) is 11.8 Å². The number of piperidine rings is 1. The van der Waals surface area contributed by atoms with Crippen molar-refractivity contribution < 1.29 is 27.5 Å². The lowest BCUT2D eigenvalue weighted by atomic mass is 9.73. The number of para-hydroxylation sites is 1. The van der Waals surface area contributed by atoms with E-state index in [0.29, 0.717) is 57.7 Å². The highest BCUT2D eigenvalue weighted by Crippen LogP contribution is 2.39. The number of carbonyl (C=O) groups excluding carboxylic acids is 2. The quantitative estimate of drug-likeness (QED) is 0.516. The van der Waals surface area contributed by atoms with E-state index >= 15 is 0 Å². The molecule has 1 fully saturated rings. The van der Waals surface area contributed by atoms with Crippen molar-refractivity contribution in [3.05, 3.63) is 46.8 Å². The SMILES string of the molecule is CC(=O)N1CCC2(CCCCc3ccccc3OCCN(C(=O)Cn3nc(C(F)(F)F)c4c3CCCC4)C2)CC1. The van der Waals surface area contributed by atoms with Gasteiger partial charge in [-0.25, -0.2) is 0 Å². The maximum absolute atomic E-state index is 13.8. The smallest absolute Gasteiger partial charge is 0.435 e. The predicted octanol–water partition coefficient (Wildman–Crippen LogP) is 5.04. The van der Waals surface area contributed by atoms with Crippen molar-refractivity contribution >= 4 is 11.8 Å². The van der Waals surface area contributed by atoms with E-state index in [4.69, 9.17) is 4.74 Å². The van der Waals surface area contributed by atoms with Crippen LogP contribution in [0.15, 0.2) is 24.3 Å². The monoisotopic (exact) mass is 560 g/mol. The van der Waals surface area contributed by atoms with Crippen LogP contribution in [0.2, 0.25) is 0 Å². The number of aryl methyl sites for hydroxylation is 1. The summed E-state index contributed by atoms with van der Waals surface area (Å²) in [4.78, 5) is 29.5. The first-order valence-corrected chi connectivity index (χ1v) is 14.5. The van der Waals surface area contributed by atoms with E-state index in [1.807, 2.05) is 23.1 Å². The molecule has 40 heavy (non-hydrogen) atoms. The molecule has 7 nitrogen and oxygen atoms in total. The summed E-state index contributed by atoms with van der Waals surface area (Å²) in [5.74, 6) is 0.632. The predicted molar refractivity (Wildman–Crippen MR) is 144 cm³/mol. The number of halogens is 3. The second-order valence-corrected chi connectivity index (χ2v) is 11.6. The molecule has 218 valence electrons. The maximum atomic E-state index is 13.8. The Hall–Kier alpha value is -3.04. The normalized spacial score (nSPS) is 20.1. The van der Waals surface area contributed by atoms with Crippen LogP contribution in [-0.4, -0.2) is 64.2 Å². The number of alkyl halides is 3. The van der Waals surface area contributed by atoms with Crippen LogP contribution in [0.4, 0.5) is 13.2 Å². The fourth-order valence-corrected chi connectivity index (χ4v) is 6.67. The highest BCUT2D eigenvalue weighted by molar-refractivity contribution is 5.76. The van der Waals surface area contributed by atoms with Crippen molar-refractivity contribution in [1.29, 1.82) is 0 Å². The van der Waals surface area contributed by atoms with Gasteiger partial charge in [0, 0.05) is 37.8 Å². The molecule has 5 rings (SSSR count). The van der Waals surface area contributed by atoms with Crippen LogP contribution in [-0.2, 0) is 41.6 Å². The molecule has 0 unspecified atom stereocenters. The number of carbonyl (C=O) groups is 2. The third-order valence-electron chi connectivity index (χ3n) is 8.95. The van der Waals surface area contributed by atoms with Gasteiger partial charge in [0.15, 0.2) is 5.69 Å². The number of fused-ring (bicyclic) bond motifs is 2. The van der Waals surface area contributed by atoms with Gasteiger partial charge in [0.1, 0.15) is 18.9 Å². The Balaban J connectivity index is 1.40. The second kappa shape index (κ2) is 11.8. The number of aromatic nitrogens is 2. The molecule has 3 heterocycles. The third kappa shape index (κ3) is 6.31. The summed E-state index contributed by atoms with van der Waals surface area (Å²) in [7, 11) is 0. The number of nitrogens with zero attached hydrogens (tertiary/aromatic N) is 4.